The molecular formula is C12H21N3O4. The van der Waals surface area contributed by atoms with E-state index >= 15 is 0 Å². The molecule has 3 amide bonds. The zero-order valence-electron chi connectivity index (χ0n) is 11.5. The van der Waals surface area contributed by atoms with Crippen molar-refractivity contribution in [2.75, 3.05) is 13.1 Å². The van der Waals surface area contributed by atoms with E-state index in [1.165, 1.54) is 4.90 Å². The SMILES string of the molecule is CCC(C)C(NC(=O)N1CCNC(=O)C1C)C(=O)O. The normalized spacial score (nSPS) is 22.4. The number of hydrogen-bond donors (Lipinski definition) is 3. The van der Waals surface area contributed by atoms with Gasteiger partial charge in [-0.1, -0.05) is 20.3 Å². The number of aliphatic carboxylic acids is 1. The summed E-state index contributed by atoms with van der Waals surface area (Å²) >= 11 is 0. The molecule has 0 aromatic rings. The van der Waals surface area contributed by atoms with E-state index in [0.717, 1.165) is 0 Å². The highest BCUT2D eigenvalue weighted by molar-refractivity contribution is 5.89. The Balaban J connectivity index is 2.71. The number of nitrogens with one attached hydrogen (secondary N) is 2. The van der Waals surface area contributed by atoms with Crippen LogP contribution >= 0.6 is 0 Å². The summed E-state index contributed by atoms with van der Waals surface area (Å²) in [6, 6.07) is -2.02. The Kier molecular flexibility index (Phi) is 5.14. The molecule has 1 heterocycles. The Morgan fingerprint density at radius 3 is 2.74 bits per heavy atom. The summed E-state index contributed by atoms with van der Waals surface area (Å²) in [6.45, 7) is 6.02. The molecule has 1 aliphatic heterocycles. The van der Waals surface area contributed by atoms with Crippen LogP contribution in [0.15, 0.2) is 0 Å². The van der Waals surface area contributed by atoms with Gasteiger partial charge in [-0.2, -0.15) is 0 Å². The van der Waals surface area contributed by atoms with Crippen LogP contribution in [0.5, 0.6) is 0 Å². The van der Waals surface area contributed by atoms with Crippen molar-refractivity contribution in [2.24, 2.45) is 5.92 Å². The van der Waals surface area contributed by atoms with E-state index in [1.807, 2.05) is 6.92 Å². The highest BCUT2D eigenvalue weighted by atomic mass is 16.4. The zero-order chi connectivity index (χ0) is 14.6. The summed E-state index contributed by atoms with van der Waals surface area (Å²) < 4.78 is 0. The van der Waals surface area contributed by atoms with Crippen molar-refractivity contribution < 1.29 is 19.5 Å². The van der Waals surface area contributed by atoms with Gasteiger partial charge in [-0.15, -0.1) is 0 Å². The molecular weight excluding hydrogens is 250 g/mol. The van der Waals surface area contributed by atoms with Gasteiger partial charge >= 0.3 is 12.0 Å². The molecule has 0 aromatic heterocycles. The van der Waals surface area contributed by atoms with Crippen LogP contribution in [0.4, 0.5) is 4.79 Å². The van der Waals surface area contributed by atoms with Crippen LogP contribution in [-0.2, 0) is 9.59 Å². The number of nitrogens with zero attached hydrogens (tertiary/aromatic N) is 1. The highest BCUT2D eigenvalue weighted by Crippen LogP contribution is 2.10. The molecule has 0 spiro atoms. The van der Waals surface area contributed by atoms with E-state index < -0.39 is 24.1 Å². The summed E-state index contributed by atoms with van der Waals surface area (Å²) in [5.74, 6) is -1.45. The van der Waals surface area contributed by atoms with E-state index in [-0.39, 0.29) is 11.8 Å². The number of amides is 3. The van der Waals surface area contributed by atoms with E-state index in [0.29, 0.717) is 19.5 Å². The Morgan fingerprint density at radius 2 is 2.21 bits per heavy atom. The Hall–Kier alpha value is -1.79. The highest BCUT2D eigenvalue weighted by Gasteiger charge is 2.33. The first-order valence-corrected chi connectivity index (χ1v) is 6.46. The number of hydrogen-bond acceptors (Lipinski definition) is 3. The van der Waals surface area contributed by atoms with Crippen molar-refractivity contribution in [2.45, 2.75) is 39.3 Å². The van der Waals surface area contributed by atoms with E-state index in [4.69, 9.17) is 5.11 Å². The van der Waals surface area contributed by atoms with Gasteiger partial charge in [0.05, 0.1) is 0 Å². The first kappa shape index (κ1) is 15.3. The zero-order valence-corrected chi connectivity index (χ0v) is 11.5. The molecule has 1 saturated heterocycles. The summed E-state index contributed by atoms with van der Waals surface area (Å²) in [5, 5.41) is 14.3. The summed E-state index contributed by atoms with van der Waals surface area (Å²) in [4.78, 5) is 36.0. The smallest absolute Gasteiger partial charge is 0.326 e. The van der Waals surface area contributed by atoms with Crippen LogP contribution in [0.25, 0.3) is 0 Å². The molecule has 0 bridgehead atoms. The molecule has 0 radical (unpaired) electrons. The van der Waals surface area contributed by atoms with Crippen molar-refractivity contribution >= 4 is 17.9 Å². The van der Waals surface area contributed by atoms with Crippen molar-refractivity contribution in [1.29, 1.82) is 0 Å². The van der Waals surface area contributed by atoms with Crippen LogP contribution < -0.4 is 10.6 Å². The molecule has 1 rings (SSSR count). The van der Waals surface area contributed by atoms with Crippen molar-refractivity contribution in [3.05, 3.63) is 0 Å². The minimum absolute atomic E-state index is 0.171. The second kappa shape index (κ2) is 6.40. The molecule has 3 N–H and O–H groups in total. The van der Waals surface area contributed by atoms with Gasteiger partial charge < -0.3 is 20.6 Å². The molecule has 1 fully saturated rings. The predicted molar refractivity (Wildman–Crippen MR) is 68.6 cm³/mol. The maximum atomic E-state index is 12.1. The average Bonchev–Trinajstić information content (AvgIpc) is 2.37. The minimum Gasteiger partial charge on any atom is -0.480 e. The number of piperazine rings is 1. The van der Waals surface area contributed by atoms with Gasteiger partial charge in [0.2, 0.25) is 5.91 Å². The van der Waals surface area contributed by atoms with Gasteiger partial charge in [-0.3, -0.25) is 4.79 Å². The van der Waals surface area contributed by atoms with E-state index in [2.05, 4.69) is 10.6 Å². The van der Waals surface area contributed by atoms with Crippen molar-refractivity contribution in [3.63, 3.8) is 0 Å². The third-order valence-electron chi connectivity index (χ3n) is 3.52. The number of carbonyl (C=O) groups is 3. The molecule has 7 heteroatoms. The van der Waals surface area contributed by atoms with Crippen LogP contribution in [0.1, 0.15) is 27.2 Å². The van der Waals surface area contributed by atoms with Gasteiger partial charge in [0, 0.05) is 13.1 Å². The Bertz CT molecular complexity index is 372. The monoisotopic (exact) mass is 271 g/mol. The molecule has 0 saturated carbocycles. The molecule has 19 heavy (non-hydrogen) atoms. The van der Waals surface area contributed by atoms with Gasteiger partial charge in [0.15, 0.2) is 0 Å². The van der Waals surface area contributed by atoms with Crippen molar-refractivity contribution in [3.8, 4) is 0 Å². The largest absolute Gasteiger partial charge is 0.480 e. The third-order valence-corrected chi connectivity index (χ3v) is 3.52. The first-order chi connectivity index (χ1) is 8.88. The van der Waals surface area contributed by atoms with Crippen LogP contribution in [0.2, 0.25) is 0 Å². The third kappa shape index (κ3) is 3.59. The van der Waals surface area contributed by atoms with Crippen LogP contribution in [-0.4, -0.2) is 53.1 Å². The second-order valence-electron chi connectivity index (χ2n) is 4.81. The molecule has 0 aromatic carbocycles. The fraction of sp³-hybridized carbons (Fsp3) is 0.750. The quantitative estimate of drug-likeness (QED) is 0.671. The lowest BCUT2D eigenvalue weighted by molar-refractivity contribution is -0.140. The molecule has 7 nitrogen and oxygen atoms in total. The van der Waals surface area contributed by atoms with Gasteiger partial charge in [0.25, 0.3) is 0 Å². The van der Waals surface area contributed by atoms with Gasteiger partial charge in [-0.05, 0) is 12.8 Å². The van der Waals surface area contributed by atoms with Crippen LogP contribution in [0, 0.1) is 5.92 Å². The molecule has 3 unspecified atom stereocenters. The Morgan fingerprint density at radius 1 is 1.58 bits per heavy atom. The lowest BCUT2D eigenvalue weighted by Gasteiger charge is -2.34. The molecule has 1 aliphatic rings. The fourth-order valence-electron chi connectivity index (χ4n) is 1.96. The number of urea groups is 1. The number of carbonyl (C=O) groups excluding carboxylic acids is 2. The predicted octanol–water partition coefficient (Wildman–Crippen LogP) is 0.0156. The maximum Gasteiger partial charge on any atom is 0.326 e. The molecule has 3 atom stereocenters. The Labute approximate surface area is 112 Å². The lowest BCUT2D eigenvalue weighted by Crippen LogP contribution is -2.60. The maximum absolute atomic E-state index is 12.1. The summed E-state index contributed by atoms with van der Waals surface area (Å²) in [7, 11) is 0. The molecule has 0 aliphatic carbocycles. The van der Waals surface area contributed by atoms with E-state index in [1.54, 1.807) is 13.8 Å². The number of carboxylic acid groups (broad SMARTS) is 1. The summed E-state index contributed by atoms with van der Waals surface area (Å²) in [6.07, 6.45) is 0.646. The lowest BCUT2D eigenvalue weighted by atomic mass is 9.99. The van der Waals surface area contributed by atoms with Crippen LogP contribution in [0.3, 0.4) is 0 Å². The molecule has 108 valence electrons. The standard InChI is InChI=1S/C12H21N3O4/c1-4-7(2)9(11(17)18)14-12(19)15-6-5-13-10(16)8(15)3/h7-9H,4-6H2,1-3H3,(H,13,16)(H,14,19)(H,17,18). The van der Waals surface area contributed by atoms with Crippen molar-refractivity contribution in [1.82, 2.24) is 15.5 Å². The minimum atomic E-state index is -1.06. The summed E-state index contributed by atoms with van der Waals surface area (Å²) in [5.41, 5.74) is 0. The fourth-order valence-corrected chi connectivity index (χ4v) is 1.96. The average molecular weight is 271 g/mol. The second-order valence-corrected chi connectivity index (χ2v) is 4.81. The van der Waals surface area contributed by atoms with Gasteiger partial charge in [-0.25, -0.2) is 9.59 Å². The topological polar surface area (TPSA) is 98.7 Å². The first-order valence-electron chi connectivity index (χ1n) is 6.46. The number of rotatable bonds is 4. The van der Waals surface area contributed by atoms with Gasteiger partial charge in [0.1, 0.15) is 12.1 Å². The van der Waals surface area contributed by atoms with E-state index in [9.17, 15) is 14.4 Å². The number of carboxylic acids is 1.